The quantitative estimate of drug-likeness (QED) is 0.837. The highest BCUT2D eigenvalue weighted by Crippen LogP contribution is 2.39. The van der Waals surface area contributed by atoms with E-state index in [0.29, 0.717) is 12.0 Å². The summed E-state index contributed by atoms with van der Waals surface area (Å²) in [6.07, 6.45) is 0. The van der Waals surface area contributed by atoms with Gasteiger partial charge in [0.1, 0.15) is 0 Å². The average Bonchev–Trinajstić information content (AvgIpc) is 2.61. The summed E-state index contributed by atoms with van der Waals surface area (Å²) in [4.78, 5) is 1.46. The molecule has 0 radical (unpaired) electrons. The van der Waals surface area contributed by atoms with Gasteiger partial charge < -0.3 is 5.32 Å². The average molecular weight is 221 g/mol. The van der Waals surface area contributed by atoms with E-state index in [1.807, 2.05) is 11.8 Å². The fourth-order valence-electron chi connectivity index (χ4n) is 2.01. The van der Waals surface area contributed by atoms with E-state index in [1.54, 1.807) is 0 Å². The van der Waals surface area contributed by atoms with Gasteiger partial charge in [0.05, 0.1) is 0 Å². The van der Waals surface area contributed by atoms with Crippen LogP contribution in [0.25, 0.3) is 0 Å². The van der Waals surface area contributed by atoms with Gasteiger partial charge in [0.2, 0.25) is 0 Å². The summed E-state index contributed by atoms with van der Waals surface area (Å²) in [7, 11) is 0. The largest absolute Gasteiger partial charge is 0.309 e. The Hall–Kier alpha value is -0.470. The second kappa shape index (κ2) is 4.58. The predicted molar refractivity (Wildman–Crippen MR) is 67.7 cm³/mol. The fraction of sp³-hybridized carbons (Fsp3) is 0.538. The first kappa shape index (κ1) is 11.0. The SMILES string of the molecule is CCNC1CSc2ccc(C(C)C)cc21. The summed E-state index contributed by atoms with van der Waals surface area (Å²) in [6, 6.07) is 7.50. The molecule has 0 saturated heterocycles. The molecule has 2 heteroatoms. The molecule has 0 bridgehead atoms. The summed E-state index contributed by atoms with van der Waals surface area (Å²) >= 11 is 1.97. The Bertz CT molecular complexity index is 344. The molecule has 0 aromatic heterocycles. The number of thioether (sulfide) groups is 1. The molecule has 0 saturated carbocycles. The Morgan fingerprint density at radius 1 is 1.47 bits per heavy atom. The van der Waals surface area contributed by atoms with Crippen molar-refractivity contribution in [1.82, 2.24) is 5.32 Å². The monoisotopic (exact) mass is 221 g/mol. The van der Waals surface area contributed by atoms with E-state index in [1.165, 1.54) is 21.8 Å². The van der Waals surface area contributed by atoms with Gasteiger partial charge >= 0.3 is 0 Å². The maximum absolute atomic E-state index is 3.55. The van der Waals surface area contributed by atoms with E-state index in [4.69, 9.17) is 0 Å². The van der Waals surface area contributed by atoms with Gasteiger partial charge in [-0.2, -0.15) is 0 Å². The normalized spacial score (nSPS) is 19.6. The van der Waals surface area contributed by atoms with Crippen LogP contribution in [0, 0.1) is 0 Å². The van der Waals surface area contributed by atoms with Crippen molar-refractivity contribution < 1.29 is 0 Å². The van der Waals surface area contributed by atoms with Crippen LogP contribution in [-0.2, 0) is 0 Å². The molecule has 1 atom stereocenters. The van der Waals surface area contributed by atoms with E-state index in [9.17, 15) is 0 Å². The summed E-state index contributed by atoms with van der Waals surface area (Å²) < 4.78 is 0. The number of hydrogen-bond acceptors (Lipinski definition) is 2. The van der Waals surface area contributed by atoms with Crippen molar-refractivity contribution in [3.8, 4) is 0 Å². The molecular formula is C13H19NS. The van der Waals surface area contributed by atoms with Gasteiger partial charge in [-0.1, -0.05) is 32.9 Å². The van der Waals surface area contributed by atoms with Gasteiger partial charge in [0.25, 0.3) is 0 Å². The Kier molecular flexibility index (Phi) is 3.37. The predicted octanol–water partition coefficient (Wildman–Crippen LogP) is 3.57. The number of fused-ring (bicyclic) bond motifs is 1. The second-order valence-electron chi connectivity index (χ2n) is 4.37. The standard InChI is InChI=1S/C13H19NS/c1-4-14-12-8-15-13-6-5-10(9(2)3)7-11(12)13/h5-7,9,12,14H,4,8H2,1-3H3. The maximum atomic E-state index is 3.55. The van der Waals surface area contributed by atoms with Crippen molar-refractivity contribution in [2.75, 3.05) is 12.3 Å². The summed E-state index contributed by atoms with van der Waals surface area (Å²) in [5.41, 5.74) is 2.97. The Balaban J connectivity index is 2.29. The molecule has 1 nitrogen and oxygen atoms in total. The van der Waals surface area contributed by atoms with Crippen molar-refractivity contribution in [1.29, 1.82) is 0 Å². The van der Waals surface area contributed by atoms with Crippen LogP contribution < -0.4 is 5.32 Å². The van der Waals surface area contributed by atoms with Crippen molar-refractivity contribution in [2.24, 2.45) is 0 Å². The minimum Gasteiger partial charge on any atom is -0.309 e. The Morgan fingerprint density at radius 3 is 2.93 bits per heavy atom. The van der Waals surface area contributed by atoms with Crippen LogP contribution in [0.15, 0.2) is 23.1 Å². The van der Waals surface area contributed by atoms with Gasteiger partial charge in [-0.15, -0.1) is 11.8 Å². The van der Waals surface area contributed by atoms with Crippen LogP contribution in [0.4, 0.5) is 0 Å². The first-order chi connectivity index (χ1) is 7.22. The van der Waals surface area contributed by atoms with Crippen molar-refractivity contribution in [3.05, 3.63) is 29.3 Å². The number of benzene rings is 1. The molecule has 1 unspecified atom stereocenters. The highest BCUT2D eigenvalue weighted by atomic mass is 32.2. The maximum Gasteiger partial charge on any atom is 0.0426 e. The van der Waals surface area contributed by atoms with Gasteiger partial charge in [-0.25, -0.2) is 0 Å². The lowest BCUT2D eigenvalue weighted by atomic mass is 9.98. The lowest BCUT2D eigenvalue weighted by Gasteiger charge is -2.13. The third-order valence-electron chi connectivity index (χ3n) is 2.93. The minimum atomic E-state index is 0.564. The van der Waals surface area contributed by atoms with Gasteiger partial charge in [-0.05, 0) is 29.7 Å². The third kappa shape index (κ3) is 2.21. The van der Waals surface area contributed by atoms with Gasteiger partial charge in [-0.3, -0.25) is 0 Å². The molecule has 15 heavy (non-hydrogen) atoms. The van der Waals surface area contributed by atoms with E-state index in [2.05, 4.69) is 44.3 Å². The third-order valence-corrected chi connectivity index (χ3v) is 4.11. The van der Waals surface area contributed by atoms with Gasteiger partial charge in [0, 0.05) is 16.7 Å². The van der Waals surface area contributed by atoms with Crippen LogP contribution in [0.2, 0.25) is 0 Å². The first-order valence-corrected chi connectivity index (χ1v) is 6.71. The zero-order valence-electron chi connectivity index (χ0n) is 9.71. The van der Waals surface area contributed by atoms with Crippen LogP contribution in [0.1, 0.15) is 43.9 Å². The molecule has 2 rings (SSSR count). The van der Waals surface area contributed by atoms with Crippen LogP contribution in [-0.4, -0.2) is 12.3 Å². The highest BCUT2D eigenvalue weighted by Gasteiger charge is 2.22. The molecule has 0 aliphatic carbocycles. The summed E-state index contributed by atoms with van der Waals surface area (Å²) in [5, 5.41) is 3.55. The Morgan fingerprint density at radius 2 is 2.27 bits per heavy atom. The second-order valence-corrected chi connectivity index (χ2v) is 5.44. The van der Waals surface area contributed by atoms with Crippen LogP contribution >= 0.6 is 11.8 Å². The molecule has 1 heterocycles. The molecule has 0 spiro atoms. The smallest absolute Gasteiger partial charge is 0.0426 e. The molecule has 0 fully saturated rings. The number of rotatable bonds is 3. The van der Waals surface area contributed by atoms with E-state index >= 15 is 0 Å². The highest BCUT2D eigenvalue weighted by molar-refractivity contribution is 7.99. The number of nitrogens with one attached hydrogen (secondary N) is 1. The molecule has 1 N–H and O–H groups in total. The summed E-state index contributed by atoms with van der Waals surface area (Å²) in [5.74, 6) is 1.81. The zero-order chi connectivity index (χ0) is 10.8. The minimum absolute atomic E-state index is 0.564. The summed E-state index contributed by atoms with van der Waals surface area (Å²) in [6.45, 7) is 7.74. The molecule has 82 valence electrons. The molecule has 1 aliphatic heterocycles. The van der Waals surface area contributed by atoms with Crippen LogP contribution in [0.5, 0.6) is 0 Å². The molecule has 0 amide bonds. The lowest BCUT2D eigenvalue weighted by molar-refractivity contribution is 0.606. The number of hydrogen-bond donors (Lipinski definition) is 1. The van der Waals surface area contributed by atoms with E-state index < -0.39 is 0 Å². The van der Waals surface area contributed by atoms with Gasteiger partial charge in [0.15, 0.2) is 0 Å². The van der Waals surface area contributed by atoms with E-state index in [0.717, 1.165) is 6.54 Å². The van der Waals surface area contributed by atoms with E-state index in [-0.39, 0.29) is 0 Å². The van der Waals surface area contributed by atoms with Crippen molar-refractivity contribution in [3.63, 3.8) is 0 Å². The molecular weight excluding hydrogens is 202 g/mol. The Labute approximate surface area is 96.7 Å². The topological polar surface area (TPSA) is 12.0 Å². The van der Waals surface area contributed by atoms with Crippen LogP contribution in [0.3, 0.4) is 0 Å². The van der Waals surface area contributed by atoms with Crippen molar-refractivity contribution >= 4 is 11.8 Å². The first-order valence-electron chi connectivity index (χ1n) is 5.72. The fourth-order valence-corrected chi connectivity index (χ4v) is 3.18. The lowest BCUT2D eigenvalue weighted by Crippen LogP contribution is -2.20. The zero-order valence-corrected chi connectivity index (χ0v) is 10.5. The molecule has 1 aromatic rings. The molecule has 1 aromatic carbocycles. The molecule has 1 aliphatic rings. The van der Waals surface area contributed by atoms with Crippen molar-refractivity contribution in [2.45, 2.75) is 37.6 Å².